The van der Waals surface area contributed by atoms with Gasteiger partial charge in [-0.05, 0) is 39.7 Å². The van der Waals surface area contributed by atoms with Crippen LogP contribution in [0.4, 0.5) is 0 Å². The molecule has 0 aliphatic heterocycles. The molecule has 0 rings (SSSR count). The van der Waals surface area contributed by atoms with Gasteiger partial charge >= 0.3 is 5.97 Å². The summed E-state index contributed by atoms with van der Waals surface area (Å²) in [6, 6.07) is 0. The van der Waals surface area contributed by atoms with Crippen LogP contribution in [0.25, 0.3) is 0 Å². The van der Waals surface area contributed by atoms with Crippen LogP contribution >= 0.6 is 0 Å². The van der Waals surface area contributed by atoms with E-state index in [4.69, 9.17) is 10.5 Å². The van der Waals surface area contributed by atoms with Gasteiger partial charge in [-0.3, -0.25) is 4.79 Å². The third-order valence-corrected chi connectivity index (χ3v) is 2.77. The fourth-order valence-corrected chi connectivity index (χ4v) is 1.10. The zero-order chi connectivity index (χ0) is 11.7. The molecular weight excluding hydrogens is 190 g/mol. The smallest absolute Gasteiger partial charge is 0.311 e. The molecule has 0 saturated heterocycles. The summed E-state index contributed by atoms with van der Waals surface area (Å²) in [7, 11) is 0. The highest BCUT2D eigenvalue weighted by Crippen LogP contribution is 2.21. The minimum Gasteiger partial charge on any atom is -0.465 e. The number of esters is 1. The van der Waals surface area contributed by atoms with E-state index in [0.717, 1.165) is 38.6 Å². The van der Waals surface area contributed by atoms with Crippen LogP contribution in [-0.4, -0.2) is 19.1 Å². The van der Waals surface area contributed by atoms with E-state index in [2.05, 4.69) is 0 Å². The molecule has 0 radical (unpaired) electrons. The Bertz CT molecular complexity index is 178. The third kappa shape index (κ3) is 6.50. The summed E-state index contributed by atoms with van der Waals surface area (Å²) < 4.78 is 5.21. The summed E-state index contributed by atoms with van der Waals surface area (Å²) in [5.74, 6) is -0.0798. The van der Waals surface area contributed by atoms with E-state index in [-0.39, 0.29) is 11.4 Å². The van der Waals surface area contributed by atoms with Gasteiger partial charge in [-0.1, -0.05) is 19.8 Å². The number of carbonyl (C=O) groups is 1. The summed E-state index contributed by atoms with van der Waals surface area (Å²) in [5.41, 5.74) is 5.05. The first-order chi connectivity index (χ1) is 7.04. The van der Waals surface area contributed by atoms with Crippen LogP contribution in [0, 0.1) is 5.41 Å². The van der Waals surface area contributed by atoms with Gasteiger partial charge in [0.05, 0.1) is 12.0 Å². The van der Waals surface area contributed by atoms with Gasteiger partial charge in [0.1, 0.15) is 0 Å². The molecule has 0 atom stereocenters. The van der Waals surface area contributed by atoms with E-state index in [9.17, 15) is 4.79 Å². The maximum atomic E-state index is 11.5. The SMILES string of the molecule is CCC(C)(C)C(=O)OCCCCCCN. The second-order valence-electron chi connectivity index (χ2n) is 4.58. The first-order valence-electron chi connectivity index (χ1n) is 5.92. The Morgan fingerprint density at radius 3 is 2.33 bits per heavy atom. The lowest BCUT2D eigenvalue weighted by molar-refractivity contribution is -0.154. The van der Waals surface area contributed by atoms with Crippen molar-refractivity contribution in [3.63, 3.8) is 0 Å². The average molecular weight is 215 g/mol. The van der Waals surface area contributed by atoms with E-state index < -0.39 is 0 Å². The largest absolute Gasteiger partial charge is 0.465 e. The number of ether oxygens (including phenoxy) is 1. The van der Waals surface area contributed by atoms with E-state index in [1.165, 1.54) is 0 Å². The Morgan fingerprint density at radius 1 is 1.20 bits per heavy atom. The number of hydrogen-bond donors (Lipinski definition) is 1. The van der Waals surface area contributed by atoms with Crippen molar-refractivity contribution in [1.29, 1.82) is 0 Å². The third-order valence-electron chi connectivity index (χ3n) is 2.77. The number of hydrogen-bond acceptors (Lipinski definition) is 3. The molecule has 0 aliphatic rings. The monoisotopic (exact) mass is 215 g/mol. The van der Waals surface area contributed by atoms with Crippen molar-refractivity contribution >= 4 is 5.97 Å². The molecule has 0 aliphatic carbocycles. The normalized spacial score (nSPS) is 11.5. The molecule has 0 fully saturated rings. The number of carbonyl (C=O) groups excluding carboxylic acids is 1. The van der Waals surface area contributed by atoms with Gasteiger partial charge in [0.25, 0.3) is 0 Å². The number of rotatable bonds is 8. The lowest BCUT2D eigenvalue weighted by Crippen LogP contribution is -2.26. The van der Waals surface area contributed by atoms with Crippen LogP contribution < -0.4 is 5.73 Å². The van der Waals surface area contributed by atoms with Crippen molar-refractivity contribution in [3.8, 4) is 0 Å². The molecule has 3 heteroatoms. The summed E-state index contributed by atoms with van der Waals surface area (Å²) in [6.45, 7) is 7.14. The van der Waals surface area contributed by atoms with Crippen molar-refractivity contribution < 1.29 is 9.53 Å². The molecule has 3 nitrogen and oxygen atoms in total. The standard InChI is InChI=1S/C12H25NO2/c1-4-12(2,3)11(14)15-10-8-6-5-7-9-13/h4-10,13H2,1-3H3. The molecule has 15 heavy (non-hydrogen) atoms. The molecule has 0 saturated carbocycles. The Labute approximate surface area is 93.4 Å². The lowest BCUT2D eigenvalue weighted by Gasteiger charge is -2.20. The second-order valence-corrected chi connectivity index (χ2v) is 4.58. The molecule has 0 aromatic rings. The van der Waals surface area contributed by atoms with Crippen LogP contribution in [0.3, 0.4) is 0 Å². The Hall–Kier alpha value is -0.570. The van der Waals surface area contributed by atoms with Crippen molar-refractivity contribution in [1.82, 2.24) is 0 Å². The summed E-state index contributed by atoms with van der Waals surface area (Å²) >= 11 is 0. The van der Waals surface area contributed by atoms with Crippen LogP contribution in [0.1, 0.15) is 52.9 Å². The first-order valence-corrected chi connectivity index (χ1v) is 5.92. The van der Waals surface area contributed by atoms with Gasteiger partial charge < -0.3 is 10.5 Å². The minimum absolute atomic E-state index is 0.0798. The fourth-order valence-electron chi connectivity index (χ4n) is 1.10. The molecule has 0 amide bonds. The van der Waals surface area contributed by atoms with Gasteiger partial charge in [0.2, 0.25) is 0 Å². The molecule has 2 N–H and O–H groups in total. The summed E-state index contributed by atoms with van der Waals surface area (Å²) in [5, 5.41) is 0. The zero-order valence-electron chi connectivity index (χ0n) is 10.3. The molecule has 0 unspecified atom stereocenters. The van der Waals surface area contributed by atoms with E-state index >= 15 is 0 Å². The van der Waals surface area contributed by atoms with Gasteiger partial charge in [0, 0.05) is 0 Å². The highest BCUT2D eigenvalue weighted by Gasteiger charge is 2.26. The molecule has 0 aromatic heterocycles. The fraction of sp³-hybridized carbons (Fsp3) is 0.917. The van der Waals surface area contributed by atoms with Crippen molar-refractivity contribution in [2.45, 2.75) is 52.9 Å². The summed E-state index contributed by atoms with van der Waals surface area (Å²) in [6.07, 6.45) is 5.06. The number of nitrogens with two attached hydrogens (primary N) is 1. The highest BCUT2D eigenvalue weighted by molar-refractivity contribution is 5.75. The molecule has 90 valence electrons. The van der Waals surface area contributed by atoms with Crippen LogP contribution in [0.2, 0.25) is 0 Å². The topological polar surface area (TPSA) is 52.3 Å². The van der Waals surface area contributed by atoms with Crippen molar-refractivity contribution in [2.75, 3.05) is 13.2 Å². The molecule has 0 bridgehead atoms. The van der Waals surface area contributed by atoms with E-state index in [1.807, 2.05) is 20.8 Å². The van der Waals surface area contributed by atoms with E-state index in [0.29, 0.717) is 6.61 Å². The highest BCUT2D eigenvalue weighted by atomic mass is 16.5. The zero-order valence-corrected chi connectivity index (χ0v) is 10.3. The van der Waals surface area contributed by atoms with Crippen LogP contribution in [0.5, 0.6) is 0 Å². The lowest BCUT2D eigenvalue weighted by atomic mass is 9.91. The quantitative estimate of drug-likeness (QED) is 0.500. The van der Waals surface area contributed by atoms with E-state index in [1.54, 1.807) is 0 Å². The van der Waals surface area contributed by atoms with Crippen LogP contribution in [0.15, 0.2) is 0 Å². The molecular formula is C12H25NO2. The van der Waals surface area contributed by atoms with Gasteiger partial charge in [-0.15, -0.1) is 0 Å². The second kappa shape index (κ2) is 7.69. The Balaban J connectivity index is 3.47. The van der Waals surface area contributed by atoms with Crippen molar-refractivity contribution in [3.05, 3.63) is 0 Å². The predicted molar refractivity (Wildman–Crippen MR) is 62.6 cm³/mol. The Kier molecular flexibility index (Phi) is 7.39. The molecule has 0 aromatic carbocycles. The van der Waals surface area contributed by atoms with Gasteiger partial charge in [-0.25, -0.2) is 0 Å². The molecule has 0 heterocycles. The first kappa shape index (κ1) is 14.4. The molecule has 0 spiro atoms. The maximum Gasteiger partial charge on any atom is 0.311 e. The van der Waals surface area contributed by atoms with Gasteiger partial charge in [0.15, 0.2) is 0 Å². The number of unbranched alkanes of at least 4 members (excludes halogenated alkanes) is 3. The van der Waals surface area contributed by atoms with Crippen molar-refractivity contribution in [2.24, 2.45) is 11.1 Å². The minimum atomic E-state index is -0.336. The summed E-state index contributed by atoms with van der Waals surface area (Å²) in [4.78, 5) is 11.5. The Morgan fingerprint density at radius 2 is 1.80 bits per heavy atom. The average Bonchev–Trinajstić information content (AvgIpc) is 2.22. The maximum absolute atomic E-state index is 11.5. The predicted octanol–water partition coefficient (Wildman–Crippen LogP) is 2.48. The van der Waals surface area contributed by atoms with Crippen LogP contribution in [-0.2, 0) is 9.53 Å². The van der Waals surface area contributed by atoms with Gasteiger partial charge in [-0.2, -0.15) is 0 Å².